The fraction of sp³-hybridized carbons (Fsp3) is 0.429. The summed E-state index contributed by atoms with van der Waals surface area (Å²) in [5.41, 5.74) is 5.66. The molecular formula is C14H19ClN2O2. The SMILES string of the molecule is CCCCCC(=O)NNC(=O)Cc1ccc(Cl)cc1. The van der Waals surface area contributed by atoms with Crippen LogP contribution in [0.5, 0.6) is 0 Å². The van der Waals surface area contributed by atoms with Crippen LogP contribution < -0.4 is 10.9 Å². The molecule has 0 aliphatic rings. The number of rotatable bonds is 6. The molecular weight excluding hydrogens is 264 g/mol. The van der Waals surface area contributed by atoms with E-state index in [4.69, 9.17) is 11.6 Å². The maximum absolute atomic E-state index is 11.6. The van der Waals surface area contributed by atoms with Crippen molar-refractivity contribution in [3.63, 3.8) is 0 Å². The number of hydrogen-bond acceptors (Lipinski definition) is 2. The number of amides is 2. The van der Waals surface area contributed by atoms with Crippen molar-refractivity contribution in [2.24, 2.45) is 0 Å². The van der Waals surface area contributed by atoms with Gasteiger partial charge in [-0.1, -0.05) is 43.5 Å². The largest absolute Gasteiger partial charge is 0.273 e. The summed E-state index contributed by atoms with van der Waals surface area (Å²) in [6.07, 6.45) is 3.58. The van der Waals surface area contributed by atoms with Gasteiger partial charge in [-0.3, -0.25) is 20.4 Å². The zero-order chi connectivity index (χ0) is 14.1. The smallest absolute Gasteiger partial charge is 0.242 e. The van der Waals surface area contributed by atoms with Crippen LogP contribution in [-0.4, -0.2) is 11.8 Å². The Morgan fingerprint density at radius 2 is 1.68 bits per heavy atom. The van der Waals surface area contributed by atoms with Gasteiger partial charge in [-0.2, -0.15) is 0 Å². The summed E-state index contributed by atoms with van der Waals surface area (Å²) >= 11 is 5.75. The molecule has 5 heteroatoms. The topological polar surface area (TPSA) is 58.2 Å². The summed E-state index contributed by atoms with van der Waals surface area (Å²) in [5.74, 6) is -0.399. The Kier molecular flexibility index (Phi) is 6.97. The van der Waals surface area contributed by atoms with E-state index in [1.54, 1.807) is 24.3 Å². The molecule has 0 aromatic heterocycles. The van der Waals surface area contributed by atoms with Crippen molar-refractivity contribution in [2.75, 3.05) is 0 Å². The van der Waals surface area contributed by atoms with Gasteiger partial charge >= 0.3 is 0 Å². The Hall–Kier alpha value is -1.55. The monoisotopic (exact) mass is 282 g/mol. The Balaban J connectivity index is 2.24. The summed E-state index contributed by atoms with van der Waals surface area (Å²) in [6, 6.07) is 7.02. The Morgan fingerprint density at radius 3 is 2.32 bits per heavy atom. The predicted octanol–water partition coefficient (Wildman–Crippen LogP) is 2.61. The molecule has 0 unspecified atom stereocenters. The molecule has 104 valence electrons. The Labute approximate surface area is 118 Å². The van der Waals surface area contributed by atoms with Gasteiger partial charge in [0.2, 0.25) is 11.8 Å². The number of hydrogen-bond donors (Lipinski definition) is 2. The maximum atomic E-state index is 11.6. The minimum absolute atomic E-state index is 0.155. The fourth-order valence-electron chi connectivity index (χ4n) is 1.57. The van der Waals surface area contributed by atoms with Crippen LogP contribution in [0.1, 0.15) is 38.2 Å². The van der Waals surface area contributed by atoms with Gasteiger partial charge in [0.05, 0.1) is 6.42 Å². The number of hydrazine groups is 1. The molecule has 0 saturated heterocycles. The van der Waals surface area contributed by atoms with E-state index in [0.29, 0.717) is 11.4 Å². The highest BCUT2D eigenvalue weighted by Crippen LogP contribution is 2.09. The highest BCUT2D eigenvalue weighted by atomic mass is 35.5. The van der Waals surface area contributed by atoms with Crippen LogP contribution in [0.15, 0.2) is 24.3 Å². The van der Waals surface area contributed by atoms with Crippen molar-refractivity contribution in [2.45, 2.75) is 39.0 Å². The van der Waals surface area contributed by atoms with Crippen molar-refractivity contribution in [3.05, 3.63) is 34.9 Å². The third kappa shape index (κ3) is 6.82. The molecule has 1 aromatic rings. The first-order chi connectivity index (χ1) is 9.11. The second kappa shape index (κ2) is 8.53. The van der Waals surface area contributed by atoms with Crippen molar-refractivity contribution in [1.82, 2.24) is 10.9 Å². The third-order valence-corrected chi connectivity index (χ3v) is 2.88. The van der Waals surface area contributed by atoms with E-state index < -0.39 is 0 Å². The fourth-order valence-corrected chi connectivity index (χ4v) is 1.70. The standard InChI is InChI=1S/C14H19ClN2O2/c1-2-3-4-5-13(18)16-17-14(19)10-11-6-8-12(15)9-7-11/h6-9H,2-5,10H2,1H3,(H,16,18)(H,17,19). The molecule has 0 heterocycles. The van der Waals surface area contributed by atoms with Gasteiger partial charge in [0, 0.05) is 11.4 Å². The van der Waals surface area contributed by atoms with Crippen LogP contribution in [0.2, 0.25) is 5.02 Å². The first-order valence-electron chi connectivity index (χ1n) is 6.44. The van der Waals surface area contributed by atoms with Crippen LogP contribution in [0.4, 0.5) is 0 Å². The number of halogens is 1. The minimum Gasteiger partial charge on any atom is -0.273 e. The summed E-state index contributed by atoms with van der Waals surface area (Å²) in [4.78, 5) is 22.9. The molecule has 0 atom stereocenters. The minimum atomic E-state index is -0.244. The number of carbonyl (C=O) groups is 2. The van der Waals surface area contributed by atoms with Gasteiger partial charge in [0.15, 0.2) is 0 Å². The van der Waals surface area contributed by atoms with Gasteiger partial charge in [0.1, 0.15) is 0 Å². The maximum Gasteiger partial charge on any atom is 0.242 e. The first kappa shape index (κ1) is 15.5. The van der Waals surface area contributed by atoms with Gasteiger partial charge in [-0.15, -0.1) is 0 Å². The molecule has 0 spiro atoms. The molecule has 1 rings (SSSR count). The number of carbonyl (C=O) groups excluding carboxylic acids is 2. The van der Waals surface area contributed by atoms with Crippen molar-refractivity contribution in [3.8, 4) is 0 Å². The molecule has 0 radical (unpaired) electrons. The van der Waals surface area contributed by atoms with E-state index in [0.717, 1.165) is 24.8 Å². The molecule has 0 aliphatic carbocycles. The third-order valence-electron chi connectivity index (χ3n) is 2.63. The summed E-state index contributed by atoms with van der Waals surface area (Å²) in [6.45, 7) is 2.08. The van der Waals surface area contributed by atoms with E-state index in [1.807, 2.05) is 0 Å². The highest BCUT2D eigenvalue weighted by Gasteiger charge is 2.05. The van der Waals surface area contributed by atoms with Crippen LogP contribution in [0, 0.1) is 0 Å². The lowest BCUT2D eigenvalue weighted by Crippen LogP contribution is -2.42. The average molecular weight is 283 g/mol. The second-order valence-electron chi connectivity index (χ2n) is 4.36. The summed E-state index contributed by atoms with van der Waals surface area (Å²) in [7, 11) is 0. The number of unbranched alkanes of at least 4 members (excludes halogenated alkanes) is 2. The molecule has 2 N–H and O–H groups in total. The van der Waals surface area contributed by atoms with E-state index in [2.05, 4.69) is 17.8 Å². The number of nitrogens with one attached hydrogen (secondary N) is 2. The van der Waals surface area contributed by atoms with E-state index >= 15 is 0 Å². The van der Waals surface area contributed by atoms with E-state index in [-0.39, 0.29) is 18.2 Å². The molecule has 0 fully saturated rings. The molecule has 19 heavy (non-hydrogen) atoms. The molecule has 1 aromatic carbocycles. The molecule has 0 bridgehead atoms. The van der Waals surface area contributed by atoms with Gasteiger partial charge in [-0.25, -0.2) is 0 Å². The Bertz CT molecular complexity index is 418. The van der Waals surface area contributed by atoms with Crippen LogP contribution >= 0.6 is 11.6 Å². The number of benzene rings is 1. The lowest BCUT2D eigenvalue weighted by molar-refractivity contribution is -0.128. The Morgan fingerprint density at radius 1 is 1.05 bits per heavy atom. The van der Waals surface area contributed by atoms with E-state index in [9.17, 15) is 9.59 Å². The summed E-state index contributed by atoms with van der Waals surface area (Å²) < 4.78 is 0. The lowest BCUT2D eigenvalue weighted by Gasteiger charge is -2.07. The molecule has 0 aliphatic heterocycles. The van der Waals surface area contributed by atoms with Gasteiger partial charge < -0.3 is 0 Å². The van der Waals surface area contributed by atoms with Gasteiger partial charge in [0.25, 0.3) is 0 Å². The molecule has 0 saturated carbocycles. The van der Waals surface area contributed by atoms with Crippen LogP contribution in [-0.2, 0) is 16.0 Å². The van der Waals surface area contributed by atoms with Gasteiger partial charge in [-0.05, 0) is 24.1 Å². The van der Waals surface area contributed by atoms with Crippen molar-refractivity contribution < 1.29 is 9.59 Å². The lowest BCUT2D eigenvalue weighted by atomic mass is 10.1. The van der Waals surface area contributed by atoms with Crippen LogP contribution in [0.3, 0.4) is 0 Å². The van der Waals surface area contributed by atoms with Crippen molar-refractivity contribution in [1.29, 1.82) is 0 Å². The summed E-state index contributed by atoms with van der Waals surface area (Å²) in [5, 5.41) is 0.633. The zero-order valence-electron chi connectivity index (χ0n) is 11.0. The van der Waals surface area contributed by atoms with E-state index in [1.165, 1.54) is 0 Å². The quantitative estimate of drug-likeness (QED) is 0.622. The van der Waals surface area contributed by atoms with Crippen LogP contribution in [0.25, 0.3) is 0 Å². The predicted molar refractivity (Wildman–Crippen MR) is 75.6 cm³/mol. The first-order valence-corrected chi connectivity index (χ1v) is 6.81. The molecule has 2 amide bonds. The average Bonchev–Trinajstić information content (AvgIpc) is 2.39. The molecule has 4 nitrogen and oxygen atoms in total. The van der Waals surface area contributed by atoms with Crippen molar-refractivity contribution >= 4 is 23.4 Å². The zero-order valence-corrected chi connectivity index (χ0v) is 11.8. The second-order valence-corrected chi connectivity index (χ2v) is 4.79. The normalized spacial score (nSPS) is 10.0. The highest BCUT2D eigenvalue weighted by molar-refractivity contribution is 6.30.